The van der Waals surface area contributed by atoms with Gasteiger partial charge in [-0.2, -0.15) is 0 Å². The van der Waals surface area contributed by atoms with Gasteiger partial charge in [0.05, 0.1) is 6.04 Å². The summed E-state index contributed by atoms with van der Waals surface area (Å²) in [5.74, 6) is 0.571. The summed E-state index contributed by atoms with van der Waals surface area (Å²) in [6, 6.07) is 9.61. The second-order valence-corrected chi connectivity index (χ2v) is 8.58. The molecule has 1 saturated heterocycles. The van der Waals surface area contributed by atoms with Crippen LogP contribution < -0.4 is 5.32 Å². The number of benzene rings is 1. The van der Waals surface area contributed by atoms with Gasteiger partial charge in [0.15, 0.2) is 9.84 Å². The fourth-order valence-electron chi connectivity index (χ4n) is 2.96. The molecular weight excluding hydrogens is 324 g/mol. The molecule has 0 radical (unpaired) electrons. The standard InChI is InChI=1S/C18H26N2O3S/c1-14-9-11-20(17(13-14)16-7-5-4-6-8-16)18(21)19-15(2)10-12-24(3,22)23/h4-8,10,12,14-15,17H,9,11,13H2,1-3H3,(H,19,21)/b12-10+/t14-,15?,17+/m0/s1. The number of piperidine rings is 1. The third kappa shape index (κ3) is 5.37. The Morgan fingerprint density at radius 1 is 1.33 bits per heavy atom. The smallest absolute Gasteiger partial charge is 0.318 e. The molecule has 6 heteroatoms. The number of carbonyl (C=O) groups is 1. The lowest BCUT2D eigenvalue weighted by Crippen LogP contribution is -2.48. The van der Waals surface area contributed by atoms with E-state index in [4.69, 9.17) is 0 Å². The lowest BCUT2D eigenvalue weighted by molar-refractivity contribution is 0.131. The van der Waals surface area contributed by atoms with Crippen molar-refractivity contribution in [3.05, 3.63) is 47.4 Å². The van der Waals surface area contributed by atoms with Crippen molar-refractivity contribution >= 4 is 15.9 Å². The minimum atomic E-state index is -3.19. The van der Waals surface area contributed by atoms with Gasteiger partial charge in [0.1, 0.15) is 0 Å². The van der Waals surface area contributed by atoms with Crippen molar-refractivity contribution < 1.29 is 13.2 Å². The summed E-state index contributed by atoms with van der Waals surface area (Å²) in [7, 11) is -3.19. The molecule has 1 aromatic rings. The van der Waals surface area contributed by atoms with Crippen LogP contribution in [0.15, 0.2) is 41.8 Å². The predicted octanol–water partition coefficient (Wildman–Crippen LogP) is 3.12. The second kappa shape index (κ2) is 7.83. The number of hydrogen-bond donors (Lipinski definition) is 1. The molecule has 0 aromatic heterocycles. The largest absolute Gasteiger partial charge is 0.332 e. The van der Waals surface area contributed by atoms with E-state index < -0.39 is 9.84 Å². The molecular formula is C18H26N2O3S. The fourth-order valence-corrected chi connectivity index (χ4v) is 3.48. The molecule has 5 nitrogen and oxygen atoms in total. The molecule has 0 saturated carbocycles. The van der Waals surface area contributed by atoms with E-state index >= 15 is 0 Å². The summed E-state index contributed by atoms with van der Waals surface area (Å²) in [6.45, 7) is 4.68. The number of carbonyl (C=O) groups excluding carboxylic acids is 1. The Morgan fingerprint density at radius 2 is 2.00 bits per heavy atom. The minimum Gasteiger partial charge on any atom is -0.332 e. The van der Waals surface area contributed by atoms with Gasteiger partial charge >= 0.3 is 6.03 Å². The number of nitrogens with zero attached hydrogens (tertiary/aromatic N) is 1. The van der Waals surface area contributed by atoms with E-state index in [0.29, 0.717) is 12.5 Å². The van der Waals surface area contributed by atoms with Gasteiger partial charge < -0.3 is 10.2 Å². The molecule has 0 spiro atoms. The topological polar surface area (TPSA) is 66.5 Å². The van der Waals surface area contributed by atoms with Crippen molar-refractivity contribution in [2.45, 2.75) is 38.8 Å². The van der Waals surface area contributed by atoms with Crippen LogP contribution in [0.1, 0.15) is 38.3 Å². The predicted molar refractivity (Wildman–Crippen MR) is 96.3 cm³/mol. The van der Waals surface area contributed by atoms with Crippen LogP contribution in [-0.4, -0.2) is 38.2 Å². The van der Waals surface area contributed by atoms with Crippen LogP contribution in [0, 0.1) is 5.92 Å². The van der Waals surface area contributed by atoms with Gasteiger partial charge in [0, 0.05) is 24.3 Å². The summed E-state index contributed by atoms with van der Waals surface area (Å²) in [4.78, 5) is 14.5. The zero-order valence-electron chi connectivity index (χ0n) is 14.5. The van der Waals surface area contributed by atoms with Gasteiger partial charge in [-0.05, 0) is 31.2 Å². The van der Waals surface area contributed by atoms with Crippen LogP contribution in [0.4, 0.5) is 4.79 Å². The first-order valence-corrected chi connectivity index (χ1v) is 10.2. The van der Waals surface area contributed by atoms with E-state index in [1.165, 1.54) is 6.08 Å². The Labute approximate surface area is 144 Å². The molecule has 3 atom stereocenters. The van der Waals surface area contributed by atoms with Gasteiger partial charge in [0.2, 0.25) is 0 Å². The Balaban J connectivity index is 2.09. The highest BCUT2D eigenvalue weighted by molar-refractivity contribution is 7.93. The molecule has 1 fully saturated rings. The van der Waals surface area contributed by atoms with Crippen LogP contribution >= 0.6 is 0 Å². The van der Waals surface area contributed by atoms with Crippen LogP contribution in [0.25, 0.3) is 0 Å². The minimum absolute atomic E-state index is 0.0565. The SMILES string of the molecule is CC(/C=C/S(C)(=O)=O)NC(=O)N1CC[C@H](C)C[C@@H]1c1ccccc1. The molecule has 24 heavy (non-hydrogen) atoms. The third-order valence-electron chi connectivity index (χ3n) is 4.28. The van der Waals surface area contributed by atoms with Crippen molar-refractivity contribution in [2.24, 2.45) is 5.92 Å². The van der Waals surface area contributed by atoms with Crippen molar-refractivity contribution in [1.29, 1.82) is 0 Å². The Bertz CT molecular complexity index is 685. The van der Waals surface area contributed by atoms with Crippen LogP contribution in [-0.2, 0) is 9.84 Å². The molecule has 1 heterocycles. The molecule has 2 rings (SSSR count). The van der Waals surface area contributed by atoms with Crippen LogP contribution in [0.5, 0.6) is 0 Å². The average Bonchev–Trinajstić information content (AvgIpc) is 2.53. The van der Waals surface area contributed by atoms with Gasteiger partial charge in [0.25, 0.3) is 0 Å². The van der Waals surface area contributed by atoms with Gasteiger partial charge in [-0.15, -0.1) is 0 Å². The van der Waals surface area contributed by atoms with Gasteiger partial charge in [-0.3, -0.25) is 0 Å². The Kier molecular flexibility index (Phi) is 6.04. The normalized spacial score (nSPS) is 23.2. The number of nitrogens with one attached hydrogen (secondary N) is 1. The molecule has 132 valence electrons. The van der Waals surface area contributed by atoms with Crippen molar-refractivity contribution in [3.63, 3.8) is 0 Å². The second-order valence-electron chi connectivity index (χ2n) is 6.65. The summed E-state index contributed by atoms with van der Waals surface area (Å²) < 4.78 is 22.4. The summed E-state index contributed by atoms with van der Waals surface area (Å²) in [5.41, 5.74) is 1.14. The first-order chi connectivity index (χ1) is 11.3. The number of urea groups is 1. The van der Waals surface area contributed by atoms with E-state index in [-0.39, 0.29) is 18.1 Å². The van der Waals surface area contributed by atoms with Crippen molar-refractivity contribution in [2.75, 3.05) is 12.8 Å². The van der Waals surface area contributed by atoms with Crippen molar-refractivity contribution in [3.8, 4) is 0 Å². The van der Waals surface area contributed by atoms with E-state index in [0.717, 1.165) is 30.1 Å². The molecule has 1 aliphatic rings. The monoisotopic (exact) mass is 350 g/mol. The first kappa shape index (κ1) is 18.5. The lowest BCUT2D eigenvalue weighted by atomic mass is 9.88. The van der Waals surface area contributed by atoms with Crippen LogP contribution in [0.2, 0.25) is 0 Å². The Morgan fingerprint density at radius 3 is 2.62 bits per heavy atom. The van der Waals surface area contributed by atoms with Crippen LogP contribution in [0.3, 0.4) is 0 Å². The zero-order chi connectivity index (χ0) is 17.7. The molecule has 1 aliphatic heterocycles. The molecule has 2 amide bonds. The highest BCUT2D eigenvalue weighted by Gasteiger charge is 2.31. The van der Waals surface area contributed by atoms with E-state index in [1.54, 1.807) is 6.92 Å². The lowest BCUT2D eigenvalue weighted by Gasteiger charge is -2.39. The van der Waals surface area contributed by atoms with Crippen molar-refractivity contribution in [1.82, 2.24) is 10.2 Å². The first-order valence-electron chi connectivity index (χ1n) is 8.26. The number of hydrogen-bond acceptors (Lipinski definition) is 3. The number of likely N-dealkylation sites (tertiary alicyclic amines) is 1. The molecule has 0 bridgehead atoms. The maximum absolute atomic E-state index is 12.7. The molecule has 1 aromatic carbocycles. The van der Waals surface area contributed by atoms with E-state index in [9.17, 15) is 13.2 Å². The third-order valence-corrected chi connectivity index (χ3v) is 4.93. The highest BCUT2D eigenvalue weighted by Crippen LogP contribution is 2.33. The van der Waals surface area contributed by atoms with E-state index in [2.05, 4.69) is 24.4 Å². The average molecular weight is 350 g/mol. The van der Waals surface area contributed by atoms with E-state index in [1.807, 2.05) is 23.1 Å². The summed E-state index contributed by atoms with van der Waals surface area (Å²) in [5, 5.41) is 4.00. The fraction of sp³-hybridized carbons (Fsp3) is 0.500. The van der Waals surface area contributed by atoms with Gasteiger partial charge in [-0.25, -0.2) is 13.2 Å². The molecule has 1 unspecified atom stereocenters. The molecule has 0 aliphatic carbocycles. The molecule has 1 N–H and O–H groups in total. The number of sulfone groups is 1. The number of amides is 2. The quantitative estimate of drug-likeness (QED) is 0.907. The summed E-state index contributed by atoms with van der Waals surface area (Å²) >= 11 is 0. The zero-order valence-corrected chi connectivity index (χ0v) is 15.3. The maximum atomic E-state index is 12.7. The summed E-state index contributed by atoms with van der Waals surface area (Å²) in [6.07, 6.45) is 4.54. The number of rotatable bonds is 4. The highest BCUT2D eigenvalue weighted by atomic mass is 32.2. The van der Waals surface area contributed by atoms with Gasteiger partial charge in [-0.1, -0.05) is 43.3 Å². The maximum Gasteiger partial charge on any atom is 0.318 e. The Hall–Kier alpha value is -1.82.